The molecule has 0 aliphatic carbocycles. The lowest BCUT2D eigenvalue weighted by atomic mass is 10.1. The zero-order valence-electron chi connectivity index (χ0n) is 6.94. The molecule has 0 fully saturated rings. The van der Waals surface area contributed by atoms with E-state index in [2.05, 4.69) is 4.98 Å². The molecule has 0 aliphatic rings. The SMILES string of the molecule is CC(C)(F)c1nccc(N)c1F. The van der Waals surface area contributed by atoms with Crippen molar-refractivity contribution in [1.82, 2.24) is 4.98 Å². The number of halogens is 2. The lowest BCUT2D eigenvalue weighted by molar-refractivity contribution is 0.206. The van der Waals surface area contributed by atoms with Gasteiger partial charge in [-0.05, 0) is 19.9 Å². The molecule has 0 bridgehead atoms. The van der Waals surface area contributed by atoms with Gasteiger partial charge in [0.1, 0.15) is 11.4 Å². The van der Waals surface area contributed by atoms with Gasteiger partial charge in [-0.2, -0.15) is 0 Å². The fourth-order valence-corrected chi connectivity index (χ4v) is 0.873. The standard InChI is InChI=1S/C8H10F2N2/c1-8(2,10)7-6(9)5(11)3-4-12-7/h3-4H,1-2H3,(H2,11,12). The quantitative estimate of drug-likeness (QED) is 0.703. The molecule has 0 atom stereocenters. The van der Waals surface area contributed by atoms with E-state index in [-0.39, 0.29) is 11.4 Å². The van der Waals surface area contributed by atoms with Crippen LogP contribution < -0.4 is 5.73 Å². The number of pyridine rings is 1. The van der Waals surface area contributed by atoms with Gasteiger partial charge in [0.25, 0.3) is 0 Å². The number of nitrogen functional groups attached to an aromatic ring is 1. The molecule has 0 amide bonds. The summed E-state index contributed by atoms with van der Waals surface area (Å²) in [6, 6.07) is 1.30. The van der Waals surface area contributed by atoms with Crippen LogP contribution in [-0.4, -0.2) is 4.98 Å². The lowest BCUT2D eigenvalue weighted by Gasteiger charge is -2.14. The Bertz CT molecular complexity index is 292. The molecule has 1 aromatic heterocycles. The Labute approximate surface area is 69.4 Å². The highest BCUT2D eigenvalue weighted by atomic mass is 19.1. The summed E-state index contributed by atoms with van der Waals surface area (Å²) in [4.78, 5) is 3.58. The van der Waals surface area contributed by atoms with E-state index in [4.69, 9.17) is 5.73 Å². The topological polar surface area (TPSA) is 38.9 Å². The van der Waals surface area contributed by atoms with Crippen LogP contribution in [0.2, 0.25) is 0 Å². The molecule has 2 N–H and O–H groups in total. The van der Waals surface area contributed by atoms with Crippen molar-refractivity contribution in [2.24, 2.45) is 0 Å². The molecule has 0 aromatic carbocycles. The zero-order chi connectivity index (χ0) is 9.35. The van der Waals surface area contributed by atoms with Crippen LogP contribution in [0.3, 0.4) is 0 Å². The van der Waals surface area contributed by atoms with Gasteiger partial charge < -0.3 is 5.73 Å². The van der Waals surface area contributed by atoms with Gasteiger partial charge in [-0.3, -0.25) is 4.98 Å². The summed E-state index contributed by atoms with van der Waals surface area (Å²) in [6.45, 7) is 2.47. The van der Waals surface area contributed by atoms with Crippen LogP contribution >= 0.6 is 0 Å². The first-order chi connectivity index (χ1) is 5.43. The Morgan fingerprint density at radius 3 is 2.50 bits per heavy atom. The summed E-state index contributed by atoms with van der Waals surface area (Å²) in [7, 11) is 0. The van der Waals surface area contributed by atoms with Gasteiger partial charge >= 0.3 is 0 Å². The van der Waals surface area contributed by atoms with Crippen LogP contribution in [0.4, 0.5) is 14.5 Å². The highest BCUT2D eigenvalue weighted by Gasteiger charge is 2.25. The minimum Gasteiger partial charge on any atom is -0.396 e. The first-order valence-electron chi connectivity index (χ1n) is 3.52. The third-order valence-electron chi connectivity index (χ3n) is 1.48. The van der Waals surface area contributed by atoms with E-state index >= 15 is 0 Å². The van der Waals surface area contributed by atoms with Crippen molar-refractivity contribution in [1.29, 1.82) is 0 Å². The fraction of sp³-hybridized carbons (Fsp3) is 0.375. The molecule has 0 saturated heterocycles. The van der Waals surface area contributed by atoms with Gasteiger partial charge in [-0.15, -0.1) is 0 Å². The first-order valence-corrected chi connectivity index (χ1v) is 3.52. The minimum atomic E-state index is -1.79. The van der Waals surface area contributed by atoms with E-state index < -0.39 is 11.5 Å². The zero-order valence-corrected chi connectivity index (χ0v) is 6.94. The molecule has 2 nitrogen and oxygen atoms in total. The highest BCUT2D eigenvalue weighted by Crippen LogP contribution is 2.26. The second-order valence-corrected chi connectivity index (χ2v) is 3.04. The minimum absolute atomic E-state index is 0.0780. The van der Waals surface area contributed by atoms with Crippen LogP contribution in [-0.2, 0) is 5.67 Å². The van der Waals surface area contributed by atoms with Crippen molar-refractivity contribution in [2.75, 3.05) is 5.73 Å². The molecule has 1 heterocycles. The van der Waals surface area contributed by atoms with Crippen molar-refractivity contribution >= 4 is 5.69 Å². The van der Waals surface area contributed by atoms with Gasteiger partial charge in [0.05, 0.1) is 5.69 Å². The van der Waals surface area contributed by atoms with E-state index in [1.165, 1.54) is 26.1 Å². The van der Waals surface area contributed by atoms with Crippen molar-refractivity contribution in [3.05, 3.63) is 23.8 Å². The summed E-state index contributed by atoms with van der Waals surface area (Å²) < 4.78 is 26.3. The molecule has 0 radical (unpaired) electrons. The van der Waals surface area contributed by atoms with Crippen LogP contribution in [0.15, 0.2) is 12.3 Å². The van der Waals surface area contributed by atoms with Crippen LogP contribution in [0, 0.1) is 5.82 Å². The molecule has 1 aromatic rings. The average molecular weight is 172 g/mol. The van der Waals surface area contributed by atoms with Gasteiger partial charge in [-0.25, -0.2) is 8.78 Å². The third-order valence-corrected chi connectivity index (χ3v) is 1.48. The smallest absolute Gasteiger partial charge is 0.170 e. The molecular weight excluding hydrogens is 162 g/mol. The number of aromatic nitrogens is 1. The second kappa shape index (κ2) is 2.69. The molecule has 12 heavy (non-hydrogen) atoms. The van der Waals surface area contributed by atoms with Gasteiger partial charge in [0, 0.05) is 6.20 Å². The maximum Gasteiger partial charge on any atom is 0.170 e. The van der Waals surface area contributed by atoms with E-state index in [1.807, 2.05) is 0 Å². The summed E-state index contributed by atoms with van der Waals surface area (Å²) in [5, 5.41) is 0. The van der Waals surface area contributed by atoms with Crippen molar-refractivity contribution in [2.45, 2.75) is 19.5 Å². The Balaban J connectivity index is 3.26. The van der Waals surface area contributed by atoms with Crippen molar-refractivity contribution in [3.63, 3.8) is 0 Å². The van der Waals surface area contributed by atoms with E-state index in [1.54, 1.807) is 0 Å². The predicted molar refractivity (Wildman–Crippen MR) is 42.7 cm³/mol. The molecule has 1 rings (SSSR count). The van der Waals surface area contributed by atoms with E-state index in [0.717, 1.165) is 0 Å². The Morgan fingerprint density at radius 2 is 2.08 bits per heavy atom. The molecular formula is C8H10F2N2. The van der Waals surface area contributed by atoms with Crippen molar-refractivity contribution < 1.29 is 8.78 Å². The summed E-state index contributed by atoms with van der Waals surface area (Å²) in [5.74, 6) is -0.773. The molecule has 0 saturated carbocycles. The molecule has 0 unspecified atom stereocenters. The molecule has 0 spiro atoms. The first kappa shape index (κ1) is 8.90. The van der Waals surface area contributed by atoms with Gasteiger partial charge in [-0.1, -0.05) is 0 Å². The van der Waals surface area contributed by atoms with Crippen LogP contribution in [0.1, 0.15) is 19.5 Å². The van der Waals surface area contributed by atoms with E-state index in [0.29, 0.717) is 0 Å². The number of rotatable bonds is 1. The summed E-state index contributed by atoms with van der Waals surface area (Å²) >= 11 is 0. The Morgan fingerprint density at radius 1 is 1.50 bits per heavy atom. The normalized spacial score (nSPS) is 11.7. The lowest BCUT2D eigenvalue weighted by Crippen LogP contribution is -2.15. The fourth-order valence-electron chi connectivity index (χ4n) is 0.873. The second-order valence-electron chi connectivity index (χ2n) is 3.04. The molecule has 4 heteroatoms. The maximum absolute atomic E-state index is 13.2. The number of alkyl halides is 1. The largest absolute Gasteiger partial charge is 0.396 e. The van der Waals surface area contributed by atoms with Gasteiger partial charge in [0.2, 0.25) is 0 Å². The maximum atomic E-state index is 13.2. The van der Waals surface area contributed by atoms with Crippen molar-refractivity contribution in [3.8, 4) is 0 Å². The monoisotopic (exact) mass is 172 g/mol. The number of hydrogen-bond acceptors (Lipinski definition) is 2. The Kier molecular flexibility index (Phi) is 2.00. The molecule has 66 valence electrons. The van der Waals surface area contributed by atoms with E-state index in [9.17, 15) is 8.78 Å². The highest BCUT2D eigenvalue weighted by molar-refractivity contribution is 5.40. The van der Waals surface area contributed by atoms with Crippen LogP contribution in [0.25, 0.3) is 0 Å². The van der Waals surface area contributed by atoms with Crippen LogP contribution in [0.5, 0.6) is 0 Å². The Hall–Kier alpha value is -1.19. The third kappa shape index (κ3) is 1.52. The van der Waals surface area contributed by atoms with Gasteiger partial charge in [0.15, 0.2) is 5.82 Å². The number of hydrogen-bond donors (Lipinski definition) is 1. The average Bonchev–Trinajstić information content (AvgIpc) is 1.92. The number of nitrogens with two attached hydrogens (primary N) is 1. The summed E-state index contributed by atoms with van der Waals surface area (Å²) in [5.41, 5.74) is 3.12. The number of anilines is 1. The molecule has 0 aliphatic heterocycles. The predicted octanol–water partition coefficient (Wildman–Crippen LogP) is 2.01. The summed E-state index contributed by atoms with van der Waals surface area (Å²) in [6.07, 6.45) is 1.29. The number of nitrogens with zero attached hydrogens (tertiary/aromatic N) is 1.